The third-order valence-corrected chi connectivity index (χ3v) is 1.84. The molecule has 1 rings (SSSR count). The van der Waals surface area contributed by atoms with Crippen molar-refractivity contribution in [2.75, 3.05) is 6.54 Å². The lowest BCUT2D eigenvalue weighted by molar-refractivity contribution is 0.159. The number of rotatable bonds is 4. The summed E-state index contributed by atoms with van der Waals surface area (Å²) in [5.41, 5.74) is 6.81. The first kappa shape index (κ1) is 10.1. The van der Waals surface area contributed by atoms with Crippen LogP contribution in [0.25, 0.3) is 0 Å². The highest BCUT2D eigenvalue weighted by Crippen LogP contribution is 2.14. The Labute approximate surface area is 77.8 Å². The Hall–Kier alpha value is -1.00. The van der Waals surface area contributed by atoms with E-state index in [0.717, 1.165) is 12.1 Å². The van der Waals surface area contributed by atoms with Crippen molar-refractivity contribution < 1.29 is 5.11 Å². The van der Waals surface area contributed by atoms with Crippen LogP contribution >= 0.6 is 0 Å². The van der Waals surface area contributed by atoms with Crippen molar-refractivity contribution in [1.82, 2.24) is 10.2 Å². The molecule has 13 heavy (non-hydrogen) atoms. The fourth-order valence-corrected chi connectivity index (χ4v) is 1.05. The summed E-state index contributed by atoms with van der Waals surface area (Å²) in [5, 5.41) is 17.3. The maximum absolute atomic E-state index is 9.58. The van der Waals surface area contributed by atoms with Crippen molar-refractivity contribution in [2.45, 2.75) is 25.9 Å². The van der Waals surface area contributed by atoms with Gasteiger partial charge in [-0.25, -0.2) is 0 Å². The molecule has 0 aromatic carbocycles. The molecule has 1 heterocycles. The van der Waals surface area contributed by atoms with Gasteiger partial charge in [-0.05, 0) is 38.4 Å². The van der Waals surface area contributed by atoms with Gasteiger partial charge in [-0.1, -0.05) is 0 Å². The van der Waals surface area contributed by atoms with Crippen LogP contribution in [0, 0.1) is 6.92 Å². The van der Waals surface area contributed by atoms with Crippen molar-refractivity contribution in [2.24, 2.45) is 5.73 Å². The SMILES string of the molecule is Cc1ccc(C(O)CCCN)nn1. The van der Waals surface area contributed by atoms with E-state index in [2.05, 4.69) is 10.2 Å². The molecule has 0 bridgehead atoms. The monoisotopic (exact) mass is 181 g/mol. The average Bonchev–Trinajstić information content (AvgIpc) is 2.15. The first-order valence-corrected chi connectivity index (χ1v) is 4.42. The zero-order valence-electron chi connectivity index (χ0n) is 7.77. The van der Waals surface area contributed by atoms with Crippen LogP contribution in [0.1, 0.15) is 30.3 Å². The fourth-order valence-electron chi connectivity index (χ4n) is 1.05. The minimum Gasteiger partial charge on any atom is -0.387 e. The maximum atomic E-state index is 9.58. The molecule has 3 N–H and O–H groups in total. The minimum atomic E-state index is -0.531. The quantitative estimate of drug-likeness (QED) is 0.711. The summed E-state index contributed by atoms with van der Waals surface area (Å²) in [6.07, 6.45) is 0.918. The molecule has 0 aliphatic carbocycles. The van der Waals surface area contributed by atoms with Gasteiger partial charge >= 0.3 is 0 Å². The molecule has 1 atom stereocenters. The van der Waals surface area contributed by atoms with Gasteiger partial charge in [0.2, 0.25) is 0 Å². The lowest BCUT2D eigenvalue weighted by Gasteiger charge is -2.07. The van der Waals surface area contributed by atoms with Crippen molar-refractivity contribution >= 4 is 0 Å². The van der Waals surface area contributed by atoms with Gasteiger partial charge in [0, 0.05) is 0 Å². The molecule has 1 aromatic heterocycles. The lowest BCUT2D eigenvalue weighted by Crippen LogP contribution is -2.06. The van der Waals surface area contributed by atoms with Crippen molar-refractivity contribution in [3.05, 3.63) is 23.5 Å². The summed E-state index contributed by atoms with van der Waals surface area (Å²) < 4.78 is 0. The zero-order chi connectivity index (χ0) is 9.68. The molecule has 0 aliphatic rings. The number of nitrogens with zero attached hydrogens (tertiary/aromatic N) is 2. The second-order valence-corrected chi connectivity index (χ2v) is 3.05. The van der Waals surface area contributed by atoms with Gasteiger partial charge in [-0.3, -0.25) is 0 Å². The Kier molecular flexibility index (Phi) is 3.79. The topological polar surface area (TPSA) is 72.0 Å². The second kappa shape index (κ2) is 4.89. The predicted octanol–water partition coefficient (Wildman–Crippen LogP) is 0.557. The van der Waals surface area contributed by atoms with E-state index >= 15 is 0 Å². The number of hydrogen-bond acceptors (Lipinski definition) is 4. The Morgan fingerprint density at radius 2 is 2.23 bits per heavy atom. The number of aliphatic hydroxyl groups is 1. The molecule has 1 unspecified atom stereocenters. The van der Waals surface area contributed by atoms with E-state index in [0.29, 0.717) is 18.7 Å². The third-order valence-electron chi connectivity index (χ3n) is 1.84. The Bertz CT molecular complexity index is 248. The van der Waals surface area contributed by atoms with Crippen LogP contribution in [0.4, 0.5) is 0 Å². The molecule has 0 amide bonds. The maximum Gasteiger partial charge on any atom is 0.0979 e. The Morgan fingerprint density at radius 1 is 1.46 bits per heavy atom. The third kappa shape index (κ3) is 3.08. The normalized spacial score (nSPS) is 12.8. The van der Waals surface area contributed by atoms with Crippen molar-refractivity contribution in [3.63, 3.8) is 0 Å². The number of hydrogen-bond donors (Lipinski definition) is 2. The molecule has 1 aromatic rings. The van der Waals surface area contributed by atoms with Gasteiger partial charge in [0.05, 0.1) is 17.5 Å². The summed E-state index contributed by atoms with van der Waals surface area (Å²) in [4.78, 5) is 0. The van der Waals surface area contributed by atoms with E-state index in [1.54, 1.807) is 6.07 Å². The standard InChI is InChI=1S/C9H15N3O/c1-7-4-5-8(12-11-7)9(13)3-2-6-10/h4-5,9,13H,2-3,6,10H2,1H3. The zero-order valence-corrected chi connectivity index (χ0v) is 7.77. The number of aryl methyl sites for hydroxylation is 1. The van der Waals surface area contributed by atoms with E-state index < -0.39 is 6.10 Å². The van der Waals surface area contributed by atoms with E-state index in [9.17, 15) is 5.11 Å². The molecular weight excluding hydrogens is 166 g/mol. The summed E-state index contributed by atoms with van der Waals surface area (Å²) in [5.74, 6) is 0. The van der Waals surface area contributed by atoms with Gasteiger partial charge in [-0.2, -0.15) is 10.2 Å². The summed E-state index contributed by atoms with van der Waals surface area (Å²) in [6.45, 7) is 2.46. The van der Waals surface area contributed by atoms with Gasteiger partial charge in [0.1, 0.15) is 0 Å². The Morgan fingerprint density at radius 3 is 2.77 bits per heavy atom. The predicted molar refractivity (Wildman–Crippen MR) is 50.0 cm³/mol. The fraction of sp³-hybridized carbons (Fsp3) is 0.556. The molecule has 0 spiro atoms. The molecule has 0 saturated heterocycles. The van der Waals surface area contributed by atoms with Crippen molar-refractivity contribution in [3.8, 4) is 0 Å². The lowest BCUT2D eigenvalue weighted by atomic mass is 10.1. The van der Waals surface area contributed by atoms with Crippen LogP contribution in [0.5, 0.6) is 0 Å². The molecule has 0 aliphatic heterocycles. The molecule has 0 radical (unpaired) electrons. The number of nitrogens with two attached hydrogens (primary N) is 1. The van der Waals surface area contributed by atoms with Crippen LogP contribution < -0.4 is 5.73 Å². The molecular formula is C9H15N3O. The molecule has 4 nitrogen and oxygen atoms in total. The highest BCUT2D eigenvalue weighted by atomic mass is 16.3. The van der Waals surface area contributed by atoms with E-state index in [1.165, 1.54) is 0 Å². The van der Waals surface area contributed by atoms with E-state index in [-0.39, 0.29) is 0 Å². The first-order valence-electron chi connectivity index (χ1n) is 4.42. The molecule has 72 valence electrons. The summed E-state index contributed by atoms with van der Waals surface area (Å²) in [6, 6.07) is 3.64. The van der Waals surface area contributed by atoms with Crippen LogP contribution in [-0.4, -0.2) is 21.8 Å². The first-order chi connectivity index (χ1) is 6.24. The number of aliphatic hydroxyl groups excluding tert-OH is 1. The number of aromatic nitrogens is 2. The minimum absolute atomic E-state index is 0.531. The molecule has 0 fully saturated rings. The molecule has 0 saturated carbocycles. The van der Waals surface area contributed by atoms with E-state index in [4.69, 9.17) is 5.73 Å². The second-order valence-electron chi connectivity index (χ2n) is 3.05. The van der Waals surface area contributed by atoms with Gasteiger partial charge in [0.25, 0.3) is 0 Å². The summed E-state index contributed by atoms with van der Waals surface area (Å²) >= 11 is 0. The van der Waals surface area contributed by atoms with Crippen molar-refractivity contribution in [1.29, 1.82) is 0 Å². The van der Waals surface area contributed by atoms with E-state index in [1.807, 2.05) is 13.0 Å². The van der Waals surface area contributed by atoms with Crippen LogP contribution in [0.2, 0.25) is 0 Å². The van der Waals surface area contributed by atoms with Gasteiger partial charge < -0.3 is 10.8 Å². The largest absolute Gasteiger partial charge is 0.387 e. The van der Waals surface area contributed by atoms with Crippen LogP contribution in [0.15, 0.2) is 12.1 Å². The molecule has 4 heteroatoms. The van der Waals surface area contributed by atoms with Crippen LogP contribution in [-0.2, 0) is 0 Å². The van der Waals surface area contributed by atoms with Gasteiger partial charge in [-0.15, -0.1) is 0 Å². The average molecular weight is 181 g/mol. The van der Waals surface area contributed by atoms with Gasteiger partial charge in [0.15, 0.2) is 0 Å². The summed E-state index contributed by atoms with van der Waals surface area (Å²) in [7, 11) is 0. The highest BCUT2D eigenvalue weighted by molar-refractivity contribution is 5.07. The highest BCUT2D eigenvalue weighted by Gasteiger charge is 2.07. The van der Waals surface area contributed by atoms with Crippen LogP contribution in [0.3, 0.4) is 0 Å². The Balaban J connectivity index is 2.55. The smallest absolute Gasteiger partial charge is 0.0979 e.